The highest BCUT2D eigenvalue weighted by molar-refractivity contribution is 6.51. The third-order valence-electron chi connectivity index (χ3n) is 5.30. The predicted molar refractivity (Wildman–Crippen MR) is 100 cm³/mol. The quantitative estimate of drug-likeness (QED) is 0.715. The molecule has 2 aliphatic rings. The molecule has 2 rings (SSSR count). The molecular weight excluding hydrogens is 317 g/mol. The smallest absolute Gasteiger partial charge is 0.444 e. The Kier molecular flexibility index (Phi) is 5.94. The number of nitrogens with zero attached hydrogens (tertiary/aromatic N) is 1. The van der Waals surface area contributed by atoms with Crippen LogP contribution in [0.4, 0.5) is 4.79 Å². The summed E-state index contributed by atoms with van der Waals surface area (Å²) in [4.78, 5) is 13.9. The monoisotopic (exact) mass is 351 g/mol. The highest BCUT2D eigenvalue weighted by Crippen LogP contribution is 2.37. The zero-order chi connectivity index (χ0) is 18.9. The van der Waals surface area contributed by atoms with Gasteiger partial charge < -0.3 is 18.9 Å². The lowest BCUT2D eigenvalue weighted by Gasteiger charge is -2.33. The van der Waals surface area contributed by atoms with Crippen LogP contribution >= 0.6 is 0 Å². The Balaban J connectivity index is 1.73. The van der Waals surface area contributed by atoms with Crippen molar-refractivity contribution < 1.29 is 18.8 Å². The second kappa shape index (κ2) is 7.32. The number of likely N-dealkylation sites (tertiary alicyclic amines) is 1. The summed E-state index contributed by atoms with van der Waals surface area (Å²) >= 11 is 0. The summed E-state index contributed by atoms with van der Waals surface area (Å²) in [6, 6.07) is 0. The fourth-order valence-electron chi connectivity index (χ4n) is 3.03. The van der Waals surface area contributed by atoms with Gasteiger partial charge in [0.2, 0.25) is 0 Å². The number of piperidine rings is 1. The van der Waals surface area contributed by atoms with Crippen molar-refractivity contribution in [3.8, 4) is 0 Å². The van der Waals surface area contributed by atoms with Crippen LogP contribution < -0.4 is 0 Å². The number of ether oxygens (including phenoxy) is 1. The number of hydrogen-bond donors (Lipinski definition) is 0. The molecule has 25 heavy (non-hydrogen) atoms. The summed E-state index contributed by atoms with van der Waals surface area (Å²) in [5.74, 6) is 2.62. The number of hydrogen-bond acceptors (Lipinski definition) is 4. The SMILES string of the molecule is CC(C)(C)OC(=O)N1CCC(C/C=C/B2OC(C)(C)C(C)(C)O2)CC1. The number of amides is 1. The van der Waals surface area contributed by atoms with E-state index in [0.717, 1.165) is 32.4 Å². The van der Waals surface area contributed by atoms with Crippen LogP contribution in [0.25, 0.3) is 0 Å². The molecule has 0 aromatic carbocycles. The van der Waals surface area contributed by atoms with Crippen LogP contribution in [0, 0.1) is 5.92 Å². The molecule has 142 valence electrons. The minimum absolute atomic E-state index is 0.196. The van der Waals surface area contributed by atoms with E-state index in [0.29, 0.717) is 5.92 Å². The van der Waals surface area contributed by atoms with Crippen molar-refractivity contribution in [3.05, 3.63) is 12.1 Å². The Hall–Kier alpha value is -1.01. The Morgan fingerprint density at radius 1 is 1.16 bits per heavy atom. The first-order valence-corrected chi connectivity index (χ1v) is 9.40. The summed E-state index contributed by atoms with van der Waals surface area (Å²) in [6.45, 7) is 15.5. The maximum absolute atomic E-state index is 12.1. The molecule has 2 saturated heterocycles. The van der Waals surface area contributed by atoms with E-state index in [9.17, 15) is 4.79 Å². The van der Waals surface area contributed by atoms with Gasteiger partial charge in [0.25, 0.3) is 0 Å². The predicted octanol–water partition coefficient (Wildman–Crippen LogP) is 4.21. The van der Waals surface area contributed by atoms with Crippen molar-refractivity contribution in [2.45, 2.75) is 84.5 Å². The molecular formula is C19H34BNO4. The van der Waals surface area contributed by atoms with E-state index >= 15 is 0 Å². The molecule has 0 N–H and O–H groups in total. The lowest BCUT2D eigenvalue weighted by molar-refractivity contribution is 0.00578. The van der Waals surface area contributed by atoms with Gasteiger partial charge in [-0.2, -0.15) is 0 Å². The van der Waals surface area contributed by atoms with Gasteiger partial charge in [0.1, 0.15) is 5.60 Å². The van der Waals surface area contributed by atoms with Crippen LogP contribution in [0.15, 0.2) is 12.1 Å². The van der Waals surface area contributed by atoms with Crippen LogP contribution in [0.2, 0.25) is 0 Å². The van der Waals surface area contributed by atoms with E-state index in [1.54, 1.807) is 0 Å². The van der Waals surface area contributed by atoms with E-state index in [4.69, 9.17) is 14.0 Å². The van der Waals surface area contributed by atoms with Gasteiger partial charge in [-0.05, 0) is 73.6 Å². The van der Waals surface area contributed by atoms with Gasteiger partial charge in [-0.3, -0.25) is 0 Å². The minimum atomic E-state index is -0.431. The van der Waals surface area contributed by atoms with Gasteiger partial charge >= 0.3 is 13.2 Å². The molecule has 2 heterocycles. The lowest BCUT2D eigenvalue weighted by Crippen LogP contribution is -2.41. The normalized spacial score (nSPS) is 24.1. The first kappa shape index (κ1) is 20.3. The van der Waals surface area contributed by atoms with E-state index < -0.39 is 5.60 Å². The van der Waals surface area contributed by atoms with E-state index in [1.807, 2.05) is 31.6 Å². The zero-order valence-corrected chi connectivity index (χ0v) is 16.9. The summed E-state index contributed by atoms with van der Waals surface area (Å²) in [5, 5.41) is 0. The second-order valence-corrected chi connectivity index (χ2v) is 9.20. The van der Waals surface area contributed by atoms with E-state index in [-0.39, 0.29) is 24.4 Å². The van der Waals surface area contributed by atoms with Gasteiger partial charge in [0.15, 0.2) is 0 Å². The molecule has 0 aromatic rings. The second-order valence-electron chi connectivity index (χ2n) is 9.20. The van der Waals surface area contributed by atoms with Crippen LogP contribution in [0.3, 0.4) is 0 Å². The molecule has 2 fully saturated rings. The van der Waals surface area contributed by atoms with Crippen molar-refractivity contribution in [2.24, 2.45) is 5.92 Å². The summed E-state index contributed by atoms with van der Waals surface area (Å²) in [7, 11) is -0.271. The molecule has 0 spiro atoms. The molecule has 0 aromatic heterocycles. The number of carbonyl (C=O) groups is 1. The molecule has 5 nitrogen and oxygen atoms in total. The van der Waals surface area contributed by atoms with Crippen molar-refractivity contribution in [1.29, 1.82) is 0 Å². The van der Waals surface area contributed by atoms with Crippen LogP contribution in [0.1, 0.15) is 67.7 Å². The minimum Gasteiger partial charge on any atom is -0.444 e. The average Bonchev–Trinajstić information content (AvgIpc) is 2.65. The summed E-state index contributed by atoms with van der Waals surface area (Å²) in [6.07, 6.45) is 4.97. The van der Waals surface area contributed by atoms with Crippen LogP contribution in [0.5, 0.6) is 0 Å². The zero-order valence-electron chi connectivity index (χ0n) is 16.9. The Morgan fingerprint density at radius 2 is 1.68 bits per heavy atom. The lowest BCUT2D eigenvalue weighted by atomic mass is 9.87. The van der Waals surface area contributed by atoms with Gasteiger partial charge in [-0.15, -0.1) is 0 Å². The fourth-order valence-corrected chi connectivity index (χ4v) is 3.03. The highest BCUT2D eigenvalue weighted by Gasteiger charge is 2.49. The Labute approximate surface area is 153 Å². The standard InChI is InChI=1S/C19H34BNO4/c1-17(2,3)23-16(22)21-13-10-15(11-14-21)9-8-12-20-24-18(4,5)19(6,7)25-20/h8,12,15H,9-11,13-14H2,1-7H3/b12-8+. The van der Waals surface area contributed by atoms with Crippen molar-refractivity contribution in [3.63, 3.8) is 0 Å². The highest BCUT2D eigenvalue weighted by atomic mass is 16.7. The maximum atomic E-state index is 12.1. The first-order valence-electron chi connectivity index (χ1n) is 9.40. The largest absolute Gasteiger partial charge is 0.486 e. The van der Waals surface area contributed by atoms with Crippen LogP contribution in [-0.4, -0.2) is 48.0 Å². The molecule has 0 unspecified atom stereocenters. The van der Waals surface area contributed by atoms with Crippen LogP contribution in [-0.2, 0) is 14.0 Å². The third-order valence-corrected chi connectivity index (χ3v) is 5.30. The van der Waals surface area contributed by atoms with E-state index in [1.165, 1.54) is 0 Å². The van der Waals surface area contributed by atoms with E-state index in [2.05, 4.69) is 33.8 Å². The Bertz CT molecular complexity index is 486. The maximum Gasteiger partial charge on any atom is 0.486 e. The van der Waals surface area contributed by atoms with Gasteiger partial charge in [-0.1, -0.05) is 12.1 Å². The molecule has 0 aliphatic carbocycles. The first-order chi connectivity index (χ1) is 11.4. The number of allylic oxidation sites excluding steroid dienone is 1. The fraction of sp³-hybridized carbons (Fsp3) is 0.842. The third kappa shape index (κ3) is 5.48. The molecule has 2 aliphatic heterocycles. The van der Waals surface area contributed by atoms with Crippen molar-refractivity contribution in [1.82, 2.24) is 4.90 Å². The molecule has 0 atom stereocenters. The average molecular weight is 351 g/mol. The molecule has 1 amide bonds. The molecule has 6 heteroatoms. The van der Waals surface area contributed by atoms with Crippen molar-refractivity contribution in [2.75, 3.05) is 13.1 Å². The summed E-state index contributed by atoms with van der Waals surface area (Å²) in [5.41, 5.74) is -1.01. The number of carbonyl (C=O) groups excluding carboxylic acids is 1. The van der Waals surface area contributed by atoms with Gasteiger partial charge in [0.05, 0.1) is 11.2 Å². The summed E-state index contributed by atoms with van der Waals surface area (Å²) < 4.78 is 17.4. The van der Waals surface area contributed by atoms with Gasteiger partial charge in [0, 0.05) is 13.1 Å². The Morgan fingerprint density at radius 3 is 2.16 bits per heavy atom. The van der Waals surface area contributed by atoms with Gasteiger partial charge in [-0.25, -0.2) is 4.79 Å². The molecule has 0 bridgehead atoms. The van der Waals surface area contributed by atoms with Crippen molar-refractivity contribution >= 4 is 13.2 Å². The topological polar surface area (TPSA) is 48.0 Å². The molecule has 0 radical (unpaired) electrons. The number of rotatable bonds is 3. The molecule has 0 saturated carbocycles.